The SMILES string of the molecule is CCC(CCCl)Nc1ncc(Cl)cc1Cl. The van der Waals surface area contributed by atoms with Gasteiger partial charge in [-0.25, -0.2) is 4.98 Å². The highest BCUT2D eigenvalue weighted by Gasteiger charge is 2.09. The molecule has 0 saturated heterocycles. The Morgan fingerprint density at radius 3 is 2.73 bits per heavy atom. The molecule has 1 aromatic heterocycles. The number of nitrogens with zero attached hydrogens (tertiary/aromatic N) is 1. The summed E-state index contributed by atoms with van der Waals surface area (Å²) in [4.78, 5) is 4.13. The van der Waals surface area contributed by atoms with Crippen LogP contribution in [-0.2, 0) is 0 Å². The van der Waals surface area contributed by atoms with E-state index in [1.807, 2.05) is 0 Å². The molecule has 1 heterocycles. The van der Waals surface area contributed by atoms with E-state index in [1.54, 1.807) is 12.3 Å². The fourth-order valence-corrected chi connectivity index (χ4v) is 1.92. The molecule has 5 heteroatoms. The molecule has 1 unspecified atom stereocenters. The van der Waals surface area contributed by atoms with Crippen molar-refractivity contribution < 1.29 is 0 Å². The summed E-state index contributed by atoms with van der Waals surface area (Å²) in [5, 5.41) is 4.31. The van der Waals surface area contributed by atoms with E-state index in [1.165, 1.54) is 0 Å². The van der Waals surface area contributed by atoms with Gasteiger partial charge in [-0.15, -0.1) is 11.6 Å². The zero-order chi connectivity index (χ0) is 11.3. The second-order valence-corrected chi connectivity index (χ2v) is 4.43. The number of halogens is 3. The number of alkyl halides is 1. The number of nitrogens with one attached hydrogen (secondary N) is 1. The van der Waals surface area contributed by atoms with Crippen molar-refractivity contribution >= 4 is 40.6 Å². The second kappa shape index (κ2) is 6.41. The minimum atomic E-state index is 0.300. The van der Waals surface area contributed by atoms with Gasteiger partial charge in [0.1, 0.15) is 5.82 Å². The Kier molecular flexibility index (Phi) is 5.51. The molecule has 1 N–H and O–H groups in total. The lowest BCUT2D eigenvalue weighted by atomic mass is 10.2. The monoisotopic (exact) mass is 266 g/mol. The summed E-state index contributed by atoms with van der Waals surface area (Å²) in [6, 6.07) is 1.97. The lowest BCUT2D eigenvalue weighted by Crippen LogP contribution is -2.19. The van der Waals surface area contributed by atoms with Crippen molar-refractivity contribution in [1.29, 1.82) is 0 Å². The highest BCUT2D eigenvalue weighted by atomic mass is 35.5. The van der Waals surface area contributed by atoms with E-state index in [2.05, 4.69) is 17.2 Å². The number of pyridine rings is 1. The molecule has 0 radical (unpaired) electrons. The van der Waals surface area contributed by atoms with Gasteiger partial charge in [-0.1, -0.05) is 30.1 Å². The van der Waals surface area contributed by atoms with Crippen molar-refractivity contribution in [3.8, 4) is 0 Å². The van der Waals surface area contributed by atoms with Crippen molar-refractivity contribution in [3.63, 3.8) is 0 Å². The van der Waals surface area contributed by atoms with Crippen LogP contribution in [0.2, 0.25) is 10.0 Å². The lowest BCUT2D eigenvalue weighted by molar-refractivity contribution is 0.672. The highest BCUT2D eigenvalue weighted by molar-refractivity contribution is 6.35. The third kappa shape index (κ3) is 4.06. The van der Waals surface area contributed by atoms with Gasteiger partial charge < -0.3 is 5.32 Å². The molecular weight excluding hydrogens is 254 g/mol. The fourth-order valence-electron chi connectivity index (χ4n) is 1.22. The zero-order valence-electron chi connectivity index (χ0n) is 8.43. The topological polar surface area (TPSA) is 24.9 Å². The van der Waals surface area contributed by atoms with Gasteiger partial charge in [0, 0.05) is 18.1 Å². The smallest absolute Gasteiger partial charge is 0.145 e. The molecule has 0 aromatic carbocycles. The maximum atomic E-state index is 5.99. The van der Waals surface area contributed by atoms with Gasteiger partial charge in [0.05, 0.1) is 10.0 Å². The van der Waals surface area contributed by atoms with E-state index in [0.29, 0.717) is 27.8 Å². The maximum Gasteiger partial charge on any atom is 0.145 e. The van der Waals surface area contributed by atoms with Crippen LogP contribution in [-0.4, -0.2) is 16.9 Å². The molecule has 1 rings (SSSR count). The Bertz CT molecular complexity index is 318. The largest absolute Gasteiger partial charge is 0.366 e. The summed E-state index contributed by atoms with van der Waals surface area (Å²) in [5.74, 6) is 1.29. The number of rotatable bonds is 5. The number of aromatic nitrogens is 1. The molecule has 0 aliphatic rings. The Morgan fingerprint density at radius 1 is 1.47 bits per heavy atom. The first-order chi connectivity index (χ1) is 7.17. The lowest BCUT2D eigenvalue weighted by Gasteiger charge is -2.16. The molecule has 0 amide bonds. The van der Waals surface area contributed by atoms with Gasteiger partial charge in [0.15, 0.2) is 0 Å². The van der Waals surface area contributed by atoms with Crippen LogP contribution in [0.5, 0.6) is 0 Å². The molecular formula is C10H13Cl3N2. The van der Waals surface area contributed by atoms with Crippen LogP contribution in [0.4, 0.5) is 5.82 Å². The molecule has 0 spiro atoms. The molecule has 15 heavy (non-hydrogen) atoms. The molecule has 0 bridgehead atoms. The third-order valence-corrected chi connectivity index (χ3v) is 2.81. The summed E-state index contributed by atoms with van der Waals surface area (Å²) in [5.41, 5.74) is 0. The number of hydrogen-bond donors (Lipinski definition) is 1. The van der Waals surface area contributed by atoms with Crippen molar-refractivity contribution in [2.75, 3.05) is 11.2 Å². The van der Waals surface area contributed by atoms with Crippen molar-refractivity contribution in [2.24, 2.45) is 0 Å². The van der Waals surface area contributed by atoms with Gasteiger partial charge >= 0.3 is 0 Å². The van der Waals surface area contributed by atoms with E-state index in [9.17, 15) is 0 Å². The molecule has 1 aromatic rings. The summed E-state index contributed by atoms with van der Waals surface area (Å²) in [6.45, 7) is 2.09. The standard InChI is InChI=1S/C10H13Cl3N2/c1-2-8(3-4-11)15-10-9(13)5-7(12)6-14-10/h5-6,8H,2-4H2,1H3,(H,14,15). The van der Waals surface area contributed by atoms with Crippen molar-refractivity contribution in [2.45, 2.75) is 25.8 Å². The fraction of sp³-hybridized carbons (Fsp3) is 0.500. The minimum Gasteiger partial charge on any atom is -0.366 e. The van der Waals surface area contributed by atoms with Crippen LogP contribution in [0.15, 0.2) is 12.3 Å². The minimum absolute atomic E-state index is 0.300. The Labute approximate surface area is 105 Å². The van der Waals surface area contributed by atoms with Crippen LogP contribution in [0.25, 0.3) is 0 Å². The van der Waals surface area contributed by atoms with Crippen molar-refractivity contribution in [1.82, 2.24) is 4.98 Å². The van der Waals surface area contributed by atoms with E-state index >= 15 is 0 Å². The predicted octanol–water partition coefficient (Wildman–Crippen LogP) is 4.21. The van der Waals surface area contributed by atoms with Crippen LogP contribution >= 0.6 is 34.8 Å². The molecule has 0 saturated carbocycles. The highest BCUT2D eigenvalue weighted by Crippen LogP contribution is 2.23. The molecule has 1 atom stereocenters. The van der Waals surface area contributed by atoms with Crippen LogP contribution in [0.3, 0.4) is 0 Å². The Balaban J connectivity index is 2.70. The maximum absolute atomic E-state index is 5.99. The number of hydrogen-bond acceptors (Lipinski definition) is 2. The van der Waals surface area contributed by atoms with Crippen LogP contribution < -0.4 is 5.32 Å². The first-order valence-electron chi connectivity index (χ1n) is 4.81. The van der Waals surface area contributed by atoms with E-state index in [0.717, 1.165) is 12.8 Å². The Morgan fingerprint density at radius 2 is 2.20 bits per heavy atom. The second-order valence-electron chi connectivity index (χ2n) is 3.21. The summed E-state index contributed by atoms with van der Waals surface area (Å²) in [7, 11) is 0. The summed E-state index contributed by atoms with van der Waals surface area (Å²) < 4.78 is 0. The number of anilines is 1. The van der Waals surface area contributed by atoms with Crippen molar-refractivity contribution in [3.05, 3.63) is 22.3 Å². The summed E-state index contributed by atoms with van der Waals surface area (Å²) >= 11 is 17.4. The van der Waals surface area contributed by atoms with E-state index in [-0.39, 0.29) is 0 Å². The molecule has 84 valence electrons. The van der Waals surface area contributed by atoms with Gasteiger partial charge in [0.25, 0.3) is 0 Å². The van der Waals surface area contributed by atoms with Crippen LogP contribution in [0.1, 0.15) is 19.8 Å². The molecule has 0 aliphatic carbocycles. The third-order valence-electron chi connectivity index (χ3n) is 2.10. The molecule has 0 aliphatic heterocycles. The van der Waals surface area contributed by atoms with Gasteiger partial charge in [-0.2, -0.15) is 0 Å². The average molecular weight is 268 g/mol. The van der Waals surface area contributed by atoms with Gasteiger partial charge in [-0.05, 0) is 18.9 Å². The first kappa shape index (κ1) is 12.9. The van der Waals surface area contributed by atoms with Gasteiger partial charge in [-0.3, -0.25) is 0 Å². The van der Waals surface area contributed by atoms with Gasteiger partial charge in [0.2, 0.25) is 0 Å². The molecule has 2 nitrogen and oxygen atoms in total. The zero-order valence-corrected chi connectivity index (χ0v) is 10.7. The average Bonchev–Trinajstić information content (AvgIpc) is 2.21. The van der Waals surface area contributed by atoms with Crippen LogP contribution in [0, 0.1) is 0 Å². The Hall–Kier alpha value is -0.180. The normalized spacial score (nSPS) is 12.5. The molecule has 0 fully saturated rings. The predicted molar refractivity (Wildman–Crippen MR) is 67.3 cm³/mol. The van der Waals surface area contributed by atoms with E-state index in [4.69, 9.17) is 34.8 Å². The quantitative estimate of drug-likeness (QED) is 0.809. The summed E-state index contributed by atoms with van der Waals surface area (Å²) in [6.07, 6.45) is 3.44. The first-order valence-corrected chi connectivity index (χ1v) is 6.10. The van der Waals surface area contributed by atoms with E-state index < -0.39 is 0 Å².